The van der Waals surface area contributed by atoms with Gasteiger partial charge in [-0.05, 0) is 29.6 Å². The van der Waals surface area contributed by atoms with Crippen LogP contribution in [-0.2, 0) is 9.53 Å². The Morgan fingerprint density at radius 1 is 1.21 bits per heavy atom. The molecule has 6 nitrogen and oxygen atoms in total. The minimum Gasteiger partial charge on any atom is -0.465 e. The van der Waals surface area contributed by atoms with E-state index < -0.39 is 23.9 Å². The summed E-state index contributed by atoms with van der Waals surface area (Å²) in [6.45, 7) is 0.0942. The highest BCUT2D eigenvalue weighted by Gasteiger charge is 2.46. The number of fused-ring (bicyclic) bond motifs is 1. The van der Waals surface area contributed by atoms with Crippen LogP contribution in [0.2, 0.25) is 0 Å². The first kappa shape index (κ1) is 15.2. The van der Waals surface area contributed by atoms with Crippen LogP contribution in [-0.4, -0.2) is 30.3 Å². The summed E-state index contributed by atoms with van der Waals surface area (Å²) in [7, 11) is 0. The monoisotopic (exact) mass is 346 g/mol. The number of rotatable bonds is 4. The van der Waals surface area contributed by atoms with E-state index in [1.165, 1.54) is 11.3 Å². The predicted molar refractivity (Wildman–Crippen MR) is 84.1 cm³/mol. The van der Waals surface area contributed by atoms with Gasteiger partial charge in [-0.3, -0.25) is 9.59 Å². The lowest BCUT2D eigenvalue weighted by Crippen LogP contribution is -2.29. The molecular formula is C17H14O6S. The molecule has 2 aliphatic heterocycles. The van der Waals surface area contributed by atoms with Crippen LogP contribution in [0.1, 0.15) is 21.3 Å². The van der Waals surface area contributed by atoms with Crippen molar-refractivity contribution in [2.75, 3.05) is 13.4 Å². The van der Waals surface area contributed by atoms with Crippen LogP contribution in [0.5, 0.6) is 11.5 Å². The third-order valence-electron chi connectivity index (χ3n) is 4.28. The highest BCUT2D eigenvalue weighted by molar-refractivity contribution is 7.10. The van der Waals surface area contributed by atoms with E-state index in [4.69, 9.17) is 14.2 Å². The summed E-state index contributed by atoms with van der Waals surface area (Å²) in [6.07, 6.45) is -1.05. The maximum Gasteiger partial charge on any atom is 0.312 e. The first-order chi connectivity index (χ1) is 11.6. The first-order valence-electron chi connectivity index (χ1n) is 7.47. The third-order valence-corrected chi connectivity index (χ3v) is 5.22. The van der Waals surface area contributed by atoms with Gasteiger partial charge in [0.25, 0.3) is 0 Å². The van der Waals surface area contributed by atoms with Crippen molar-refractivity contribution in [3.63, 3.8) is 0 Å². The van der Waals surface area contributed by atoms with Gasteiger partial charge in [-0.15, -0.1) is 11.3 Å². The van der Waals surface area contributed by atoms with E-state index in [1.807, 2.05) is 5.38 Å². The van der Waals surface area contributed by atoms with Gasteiger partial charge in [0, 0.05) is 10.4 Å². The summed E-state index contributed by atoms with van der Waals surface area (Å²) >= 11 is 1.34. The molecule has 0 amide bonds. The van der Waals surface area contributed by atoms with Gasteiger partial charge in [-0.1, -0.05) is 6.07 Å². The van der Waals surface area contributed by atoms with Gasteiger partial charge in [0.2, 0.25) is 6.79 Å². The maximum atomic E-state index is 12.8. The first-order valence-corrected chi connectivity index (χ1v) is 8.35. The SMILES string of the molecule is O=C1OC[C@H](C(=O)c2ccc3c(c2)OCO3)[C@H]1[C@H](O)c1cccs1. The smallest absolute Gasteiger partial charge is 0.312 e. The molecule has 1 aromatic heterocycles. The molecule has 0 unspecified atom stereocenters. The van der Waals surface area contributed by atoms with Crippen LogP contribution in [0, 0.1) is 11.8 Å². The Labute approximate surface area is 141 Å². The number of benzene rings is 1. The fraction of sp³-hybridized carbons (Fsp3) is 0.294. The summed E-state index contributed by atoms with van der Waals surface area (Å²) in [5.41, 5.74) is 0.408. The summed E-state index contributed by atoms with van der Waals surface area (Å²) in [4.78, 5) is 25.6. The van der Waals surface area contributed by atoms with E-state index >= 15 is 0 Å². The number of aliphatic hydroxyl groups is 1. The summed E-state index contributed by atoms with van der Waals surface area (Å²) in [6, 6.07) is 8.42. The van der Waals surface area contributed by atoms with E-state index in [9.17, 15) is 14.7 Å². The number of carbonyl (C=O) groups is 2. The molecule has 0 saturated carbocycles. The van der Waals surface area contributed by atoms with E-state index in [1.54, 1.807) is 30.3 Å². The normalized spacial score (nSPS) is 23.1. The van der Waals surface area contributed by atoms with Crippen molar-refractivity contribution in [1.29, 1.82) is 0 Å². The van der Waals surface area contributed by atoms with Crippen LogP contribution in [0.25, 0.3) is 0 Å². The molecule has 3 heterocycles. The highest BCUT2D eigenvalue weighted by atomic mass is 32.1. The molecule has 4 rings (SSSR count). The average molecular weight is 346 g/mol. The molecule has 3 atom stereocenters. The number of hydrogen-bond donors (Lipinski definition) is 1. The Kier molecular flexibility index (Phi) is 3.74. The fourth-order valence-electron chi connectivity index (χ4n) is 3.02. The van der Waals surface area contributed by atoms with Crippen LogP contribution in [0.15, 0.2) is 35.7 Å². The zero-order chi connectivity index (χ0) is 16.7. The average Bonchev–Trinajstić information content (AvgIpc) is 3.33. The van der Waals surface area contributed by atoms with E-state index in [0.717, 1.165) is 0 Å². The molecule has 2 aliphatic rings. The second kappa shape index (κ2) is 5.92. The van der Waals surface area contributed by atoms with Crippen molar-refractivity contribution in [2.45, 2.75) is 6.10 Å². The third kappa shape index (κ3) is 2.46. The quantitative estimate of drug-likeness (QED) is 0.675. The van der Waals surface area contributed by atoms with Crippen molar-refractivity contribution in [3.8, 4) is 11.5 Å². The van der Waals surface area contributed by atoms with Crippen molar-refractivity contribution < 1.29 is 28.9 Å². The topological polar surface area (TPSA) is 82.1 Å². The Bertz CT molecular complexity index is 784. The molecule has 1 saturated heterocycles. The van der Waals surface area contributed by atoms with Crippen LogP contribution >= 0.6 is 11.3 Å². The van der Waals surface area contributed by atoms with Crippen LogP contribution in [0.4, 0.5) is 0 Å². The number of Topliss-reactive ketones (excluding diaryl/α,β-unsaturated/α-hetero) is 1. The lowest BCUT2D eigenvalue weighted by Gasteiger charge is -2.19. The molecule has 1 N–H and O–H groups in total. The molecule has 0 radical (unpaired) electrons. The highest BCUT2D eigenvalue weighted by Crippen LogP contribution is 2.39. The number of cyclic esters (lactones) is 1. The van der Waals surface area contributed by atoms with Gasteiger partial charge in [-0.2, -0.15) is 0 Å². The molecule has 1 fully saturated rings. The zero-order valence-electron chi connectivity index (χ0n) is 12.5. The number of carbonyl (C=O) groups excluding carboxylic acids is 2. The number of hydrogen-bond acceptors (Lipinski definition) is 7. The zero-order valence-corrected chi connectivity index (χ0v) is 13.3. The summed E-state index contributed by atoms with van der Waals surface area (Å²) < 4.78 is 15.6. The van der Waals surface area contributed by atoms with E-state index in [2.05, 4.69) is 0 Å². The number of aliphatic hydroxyl groups excluding tert-OH is 1. The minimum absolute atomic E-state index is 0.0286. The molecule has 0 aliphatic carbocycles. The van der Waals surface area contributed by atoms with Gasteiger partial charge in [0.15, 0.2) is 17.3 Å². The summed E-state index contributed by atoms with van der Waals surface area (Å²) in [5.74, 6) is -1.34. The Hall–Kier alpha value is -2.38. The van der Waals surface area contributed by atoms with E-state index in [-0.39, 0.29) is 19.2 Å². The number of esters is 1. The summed E-state index contributed by atoms with van der Waals surface area (Å²) in [5, 5.41) is 12.3. The lowest BCUT2D eigenvalue weighted by molar-refractivity contribution is -0.144. The second-order valence-electron chi connectivity index (χ2n) is 5.65. The molecule has 7 heteroatoms. The molecule has 124 valence electrons. The standard InChI is InChI=1S/C17H14O6S/c18-15(9-3-4-11-12(6-9)23-8-22-11)10-7-21-17(20)14(10)16(19)13-2-1-5-24-13/h1-6,10,14,16,19H,7-8H2/t10-,14-,16+/m0/s1. The number of ether oxygens (including phenoxy) is 3. The molecule has 0 spiro atoms. The second-order valence-corrected chi connectivity index (χ2v) is 6.63. The van der Waals surface area contributed by atoms with Crippen molar-refractivity contribution in [1.82, 2.24) is 0 Å². The van der Waals surface area contributed by atoms with Crippen LogP contribution < -0.4 is 9.47 Å². The molecule has 0 bridgehead atoms. The molecule has 24 heavy (non-hydrogen) atoms. The largest absolute Gasteiger partial charge is 0.465 e. The van der Waals surface area contributed by atoms with Gasteiger partial charge < -0.3 is 19.3 Å². The van der Waals surface area contributed by atoms with Crippen molar-refractivity contribution in [2.24, 2.45) is 11.8 Å². The van der Waals surface area contributed by atoms with Crippen molar-refractivity contribution >= 4 is 23.1 Å². The predicted octanol–water partition coefficient (Wildman–Crippen LogP) is 2.18. The molecule has 2 aromatic rings. The van der Waals surface area contributed by atoms with Gasteiger partial charge in [0.1, 0.15) is 18.6 Å². The molecular weight excluding hydrogens is 332 g/mol. The van der Waals surface area contributed by atoms with Crippen molar-refractivity contribution in [3.05, 3.63) is 46.2 Å². The fourth-order valence-corrected chi connectivity index (χ4v) is 3.78. The Balaban J connectivity index is 1.62. The van der Waals surface area contributed by atoms with Crippen LogP contribution in [0.3, 0.4) is 0 Å². The van der Waals surface area contributed by atoms with E-state index in [0.29, 0.717) is 21.9 Å². The number of thiophene rings is 1. The Morgan fingerprint density at radius 3 is 2.83 bits per heavy atom. The minimum atomic E-state index is -1.05. The van der Waals surface area contributed by atoms with Gasteiger partial charge in [-0.25, -0.2) is 0 Å². The van der Waals surface area contributed by atoms with Gasteiger partial charge >= 0.3 is 5.97 Å². The Morgan fingerprint density at radius 2 is 2.04 bits per heavy atom. The number of ketones is 1. The molecule has 1 aromatic carbocycles. The maximum absolute atomic E-state index is 12.8. The van der Waals surface area contributed by atoms with Gasteiger partial charge in [0.05, 0.1) is 5.92 Å². The lowest BCUT2D eigenvalue weighted by atomic mass is 9.84.